The van der Waals surface area contributed by atoms with Gasteiger partial charge in [-0.1, -0.05) is 0 Å². The first-order valence-electron chi connectivity index (χ1n) is 6.62. The predicted octanol–water partition coefficient (Wildman–Crippen LogP) is 3.59. The van der Waals surface area contributed by atoms with Crippen LogP contribution in [0, 0.1) is 10.1 Å². The van der Waals surface area contributed by atoms with Crippen LogP contribution in [0.4, 0.5) is 5.88 Å². The Hall–Kier alpha value is -2.76. The summed E-state index contributed by atoms with van der Waals surface area (Å²) in [4.78, 5) is 10.1. The van der Waals surface area contributed by atoms with E-state index in [2.05, 4.69) is 0 Å². The minimum absolute atomic E-state index is 0.236. The summed E-state index contributed by atoms with van der Waals surface area (Å²) in [6.45, 7) is 3.02. The van der Waals surface area contributed by atoms with Crippen LogP contribution in [-0.2, 0) is 6.54 Å². The van der Waals surface area contributed by atoms with E-state index >= 15 is 0 Å². The molecule has 3 rings (SSSR count). The van der Waals surface area contributed by atoms with E-state index in [1.807, 2.05) is 42.0 Å². The first-order valence-corrected chi connectivity index (χ1v) is 6.62. The molecule has 0 fully saturated rings. The number of hydrogen-bond donors (Lipinski definition) is 0. The molecule has 2 aromatic heterocycles. The zero-order chi connectivity index (χ0) is 14.8. The lowest BCUT2D eigenvalue weighted by molar-refractivity contribution is -0.402. The minimum Gasteiger partial charge on any atom is -0.494 e. The molecule has 3 aromatic rings. The Labute approximate surface area is 120 Å². The number of aromatic nitrogens is 1. The molecule has 0 saturated carbocycles. The molecular weight excluding hydrogens is 272 g/mol. The highest BCUT2D eigenvalue weighted by Crippen LogP contribution is 2.24. The maximum Gasteiger partial charge on any atom is 0.433 e. The van der Waals surface area contributed by atoms with Crippen LogP contribution < -0.4 is 4.74 Å². The van der Waals surface area contributed by atoms with E-state index in [-0.39, 0.29) is 5.88 Å². The minimum atomic E-state index is -0.536. The highest BCUT2D eigenvalue weighted by Gasteiger charge is 2.12. The molecule has 108 valence electrons. The zero-order valence-electron chi connectivity index (χ0n) is 11.5. The van der Waals surface area contributed by atoms with Crippen molar-refractivity contribution in [3.05, 3.63) is 58.5 Å². The summed E-state index contributed by atoms with van der Waals surface area (Å²) < 4.78 is 12.6. The number of nitro groups is 1. The number of fused-ring (bicyclic) bond motifs is 1. The Morgan fingerprint density at radius 1 is 1.29 bits per heavy atom. The van der Waals surface area contributed by atoms with Crippen LogP contribution >= 0.6 is 0 Å². The molecule has 0 radical (unpaired) electrons. The van der Waals surface area contributed by atoms with Crippen LogP contribution in [-0.4, -0.2) is 16.1 Å². The van der Waals surface area contributed by atoms with Gasteiger partial charge in [-0.15, -0.1) is 0 Å². The van der Waals surface area contributed by atoms with E-state index < -0.39 is 4.92 Å². The van der Waals surface area contributed by atoms with Gasteiger partial charge in [0, 0.05) is 17.1 Å². The maximum absolute atomic E-state index is 10.6. The van der Waals surface area contributed by atoms with Gasteiger partial charge >= 0.3 is 5.88 Å². The average Bonchev–Trinajstić information content (AvgIpc) is 3.07. The Morgan fingerprint density at radius 3 is 2.86 bits per heavy atom. The third kappa shape index (κ3) is 2.60. The predicted molar refractivity (Wildman–Crippen MR) is 77.6 cm³/mol. The number of ether oxygens (including phenoxy) is 1. The van der Waals surface area contributed by atoms with Crippen molar-refractivity contribution in [1.29, 1.82) is 0 Å². The molecule has 0 saturated heterocycles. The smallest absolute Gasteiger partial charge is 0.433 e. The van der Waals surface area contributed by atoms with Gasteiger partial charge in [0.05, 0.1) is 19.2 Å². The molecule has 6 nitrogen and oxygen atoms in total. The molecule has 6 heteroatoms. The van der Waals surface area contributed by atoms with Crippen molar-refractivity contribution in [2.24, 2.45) is 0 Å². The summed E-state index contributed by atoms with van der Waals surface area (Å²) in [7, 11) is 0. The van der Waals surface area contributed by atoms with Crippen molar-refractivity contribution < 1.29 is 14.1 Å². The van der Waals surface area contributed by atoms with Crippen molar-refractivity contribution in [2.75, 3.05) is 6.61 Å². The molecule has 0 amide bonds. The highest BCUT2D eigenvalue weighted by atomic mass is 16.6. The summed E-state index contributed by atoms with van der Waals surface area (Å²) >= 11 is 0. The van der Waals surface area contributed by atoms with E-state index in [4.69, 9.17) is 9.15 Å². The lowest BCUT2D eigenvalue weighted by atomic mass is 10.2. The monoisotopic (exact) mass is 286 g/mol. The van der Waals surface area contributed by atoms with Crippen molar-refractivity contribution in [2.45, 2.75) is 13.5 Å². The van der Waals surface area contributed by atoms with E-state index in [0.29, 0.717) is 18.9 Å². The molecule has 0 atom stereocenters. The molecule has 1 aromatic carbocycles. The lowest BCUT2D eigenvalue weighted by Gasteiger charge is -2.05. The Balaban J connectivity index is 1.88. The van der Waals surface area contributed by atoms with Crippen LogP contribution in [0.5, 0.6) is 5.75 Å². The van der Waals surface area contributed by atoms with Crippen LogP contribution in [0.1, 0.15) is 12.7 Å². The zero-order valence-corrected chi connectivity index (χ0v) is 11.5. The first-order chi connectivity index (χ1) is 10.2. The molecule has 2 heterocycles. The van der Waals surface area contributed by atoms with Crippen molar-refractivity contribution >= 4 is 16.8 Å². The van der Waals surface area contributed by atoms with E-state index in [0.717, 1.165) is 16.7 Å². The van der Waals surface area contributed by atoms with E-state index in [1.165, 1.54) is 6.07 Å². The second kappa shape index (κ2) is 5.32. The topological polar surface area (TPSA) is 70.4 Å². The molecule has 21 heavy (non-hydrogen) atoms. The molecule has 0 spiro atoms. The van der Waals surface area contributed by atoms with Gasteiger partial charge in [0.1, 0.15) is 16.4 Å². The third-order valence-electron chi connectivity index (χ3n) is 3.21. The highest BCUT2D eigenvalue weighted by molar-refractivity contribution is 5.81. The van der Waals surface area contributed by atoms with Crippen LogP contribution in [0.15, 0.2) is 47.0 Å². The molecule has 0 N–H and O–H groups in total. The van der Waals surface area contributed by atoms with Gasteiger partial charge in [-0.3, -0.25) is 10.1 Å². The molecule has 0 bridgehead atoms. The number of furan rings is 1. The third-order valence-corrected chi connectivity index (χ3v) is 3.21. The number of benzene rings is 1. The quantitative estimate of drug-likeness (QED) is 0.531. The fraction of sp³-hybridized carbons (Fsp3) is 0.200. The number of hydrogen-bond acceptors (Lipinski definition) is 4. The summed E-state index contributed by atoms with van der Waals surface area (Å²) in [5.74, 6) is 1.14. The van der Waals surface area contributed by atoms with Gasteiger partial charge in [-0.2, -0.15) is 0 Å². The fourth-order valence-electron chi connectivity index (χ4n) is 2.29. The second-order valence-electron chi connectivity index (χ2n) is 4.59. The average molecular weight is 286 g/mol. The van der Waals surface area contributed by atoms with E-state index in [9.17, 15) is 10.1 Å². The maximum atomic E-state index is 10.6. The summed E-state index contributed by atoms with van der Waals surface area (Å²) in [5, 5.41) is 11.7. The SMILES string of the molecule is CCOc1ccc2c(ccn2Cc2ccc([N+](=O)[O-])o2)c1. The Morgan fingerprint density at radius 2 is 2.14 bits per heavy atom. The van der Waals surface area contributed by atoms with Gasteiger partial charge < -0.3 is 13.7 Å². The second-order valence-corrected chi connectivity index (χ2v) is 4.59. The van der Waals surface area contributed by atoms with Gasteiger partial charge in [0.15, 0.2) is 0 Å². The largest absolute Gasteiger partial charge is 0.494 e. The summed E-state index contributed by atoms with van der Waals surface area (Å²) in [6, 6.07) is 10.8. The van der Waals surface area contributed by atoms with E-state index in [1.54, 1.807) is 6.07 Å². The van der Waals surface area contributed by atoms with Gasteiger partial charge in [0.25, 0.3) is 0 Å². The molecule has 0 aliphatic carbocycles. The molecule has 0 aliphatic rings. The summed E-state index contributed by atoms with van der Waals surface area (Å²) in [6.07, 6.45) is 1.93. The first kappa shape index (κ1) is 13.2. The van der Waals surface area contributed by atoms with Crippen LogP contribution in [0.2, 0.25) is 0 Å². The molecular formula is C15H14N2O4. The summed E-state index contributed by atoms with van der Waals surface area (Å²) in [5.41, 5.74) is 1.03. The number of rotatable bonds is 5. The van der Waals surface area contributed by atoms with Crippen molar-refractivity contribution in [1.82, 2.24) is 4.57 Å². The Bertz CT molecular complexity index is 788. The van der Waals surface area contributed by atoms with Crippen LogP contribution in [0.25, 0.3) is 10.9 Å². The van der Waals surface area contributed by atoms with Crippen molar-refractivity contribution in [3.8, 4) is 5.75 Å². The molecule has 0 unspecified atom stereocenters. The standard InChI is InChI=1S/C15H14N2O4/c1-2-20-12-3-5-14-11(9-12)7-8-16(14)10-13-4-6-15(21-13)17(18)19/h3-9H,2,10H2,1H3. The Kier molecular flexibility index (Phi) is 3.35. The van der Waals surface area contributed by atoms with Gasteiger partial charge in [-0.05, 0) is 37.3 Å². The normalized spacial score (nSPS) is 10.9. The van der Waals surface area contributed by atoms with Gasteiger partial charge in [-0.25, -0.2) is 0 Å². The fourth-order valence-corrected chi connectivity index (χ4v) is 2.29. The van der Waals surface area contributed by atoms with Crippen LogP contribution in [0.3, 0.4) is 0 Å². The van der Waals surface area contributed by atoms with Gasteiger partial charge in [0.2, 0.25) is 0 Å². The van der Waals surface area contributed by atoms with Crippen molar-refractivity contribution in [3.63, 3.8) is 0 Å². The number of nitrogens with zero attached hydrogens (tertiary/aromatic N) is 2. The molecule has 0 aliphatic heterocycles. The lowest BCUT2D eigenvalue weighted by Crippen LogP contribution is -1.96.